The molecule has 0 unspecified atom stereocenters. The van der Waals surface area contributed by atoms with Gasteiger partial charge < -0.3 is 24.0 Å². The zero-order chi connectivity index (χ0) is 25.9. The van der Waals surface area contributed by atoms with Crippen LogP contribution in [0.2, 0.25) is 4.34 Å². The van der Waals surface area contributed by atoms with E-state index < -0.39 is 6.09 Å². The van der Waals surface area contributed by atoms with E-state index in [2.05, 4.69) is 29.2 Å². The third-order valence-corrected chi connectivity index (χ3v) is 7.92. The lowest BCUT2D eigenvalue weighted by Crippen LogP contribution is -2.47. The maximum absolute atomic E-state index is 12.8. The Bertz CT molecular complexity index is 1360. The van der Waals surface area contributed by atoms with Crippen LogP contribution in [0.25, 0.3) is 22.0 Å². The van der Waals surface area contributed by atoms with Gasteiger partial charge in [0.05, 0.1) is 21.5 Å². The molecule has 194 valence electrons. The van der Waals surface area contributed by atoms with Gasteiger partial charge >= 0.3 is 6.09 Å². The molecule has 1 fully saturated rings. The second-order valence-corrected chi connectivity index (χ2v) is 11.2. The lowest BCUT2D eigenvalue weighted by Gasteiger charge is -2.34. The number of likely N-dealkylation sites (tertiary alicyclic amines) is 1. The quantitative estimate of drug-likeness (QED) is 0.299. The van der Waals surface area contributed by atoms with Crippen LogP contribution in [0.3, 0.4) is 0 Å². The summed E-state index contributed by atoms with van der Waals surface area (Å²) in [6, 6.07) is 16.1. The molecule has 1 N–H and O–H groups in total. The van der Waals surface area contributed by atoms with E-state index in [0.717, 1.165) is 47.8 Å². The van der Waals surface area contributed by atoms with Crippen molar-refractivity contribution >= 4 is 29.0 Å². The molecule has 0 atom stereocenters. The molecule has 4 heterocycles. The number of nitrogens with one attached hydrogen (secondary N) is 1. The Morgan fingerprint density at radius 3 is 2.65 bits per heavy atom. The van der Waals surface area contributed by atoms with Crippen molar-refractivity contribution in [3.05, 3.63) is 64.3 Å². The summed E-state index contributed by atoms with van der Waals surface area (Å²) in [5.74, 6) is 1.63. The van der Waals surface area contributed by atoms with Crippen LogP contribution >= 0.6 is 22.9 Å². The first kappa shape index (κ1) is 25.5. The molecule has 4 aromatic rings. The minimum Gasteiger partial charge on any atom is -0.389 e. The smallest absolute Gasteiger partial charge is 0.389 e. The number of halogens is 1. The Balaban J connectivity index is 1.34. The van der Waals surface area contributed by atoms with Crippen LogP contribution in [0.4, 0.5) is 4.79 Å². The third-order valence-electron chi connectivity index (χ3n) is 6.68. The molecule has 1 saturated heterocycles. The molecule has 0 saturated carbocycles. The summed E-state index contributed by atoms with van der Waals surface area (Å²) in [4.78, 5) is 20.8. The SMILES string of the molecule is Cc1c(OC(=O)NC2CCN(C(C)C)CC2)nc(-c2ccccc2)n1Cc1cc(-c2ccc(Cl)s2)on1. The Labute approximate surface area is 225 Å². The van der Waals surface area contributed by atoms with Crippen molar-refractivity contribution in [3.63, 3.8) is 0 Å². The maximum Gasteiger partial charge on any atom is 0.414 e. The molecule has 1 aromatic carbocycles. The second-order valence-electron chi connectivity index (χ2n) is 9.50. The van der Waals surface area contributed by atoms with Crippen LogP contribution in [-0.2, 0) is 6.54 Å². The summed E-state index contributed by atoms with van der Waals surface area (Å²) >= 11 is 7.51. The monoisotopic (exact) mass is 539 g/mol. The van der Waals surface area contributed by atoms with Gasteiger partial charge in [0.1, 0.15) is 11.5 Å². The van der Waals surface area contributed by atoms with E-state index in [4.69, 9.17) is 25.8 Å². The van der Waals surface area contributed by atoms with Gasteiger partial charge in [-0.3, -0.25) is 0 Å². The molecular formula is C27H30ClN5O3S. The summed E-state index contributed by atoms with van der Waals surface area (Å²) in [6.45, 7) is 8.62. The number of rotatable bonds is 7. The minimum absolute atomic E-state index is 0.0952. The van der Waals surface area contributed by atoms with E-state index in [1.807, 2.05) is 60.0 Å². The number of carbonyl (C=O) groups excluding carboxylic acids is 1. The van der Waals surface area contributed by atoms with Gasteiger partial charge in [-0.05, 0) is 45.7 Å². The summed E-state index contributed by atoms with van der Waals surface area (Å²) in [5, 5.41) is 7.28. The van der Waals surface area contributed by atoms with Crippen molar-refractivity contribution in [2.75, 3.05) is 13.1 Å². The molecule has 8 nitrogen and oxygen atoms in total. The topological polar surface area (TPSA) is 85.4 Å². The van der Waals surface area contributed by atoms with E-state index in [9.17, 15) is 4.79 Å². The zero-order valence-corrected chi connectivity index (χ0v) is 22.7. The number of benzene rings is 1. The predicted octanol–water partition coefficient (Wildman–Crippen LogP) is 6.24. The van der Waals surface area contributed by atoms with E-state index >= 15 is 0 Å². The number of thiophene rings is 1. The van der Waals surface area contributed by atoms with Crippen LogP contribution in [0.1, 0.15) is 38.1 Å². The van der Waals surface area contributed by atoms with Crippen molar-refractivity contribution in [1.82, 2.24) is 24.9 Å². The first-order valence-corrected chi connectivity index (χ1v) is 13.6. The average Bonchev–Trinajstić information content (AvgIpc) is 3.61. The first-order chi connectivity index (χ1) is 17.9. The number of piperidine rings is 1. The number of hydrogen-bond donors (Lipinski definition) is 1. The Morgan fingerprint density at radius 2 is 1.97 bits per heavy atom. The normalized spacial score (nSPS) is 14.8. The molecule has 1 aliphatic rings. The van der Waals surface area contributed by atoms with Gasteiger partial charge in [-0.1, -0.05) is 47.1 Å². The van der Waals surface area contributed by atoms with E-state index in [1.54, 1.807) is 0 Å². The fourth-order valence-electron chi connectivity index (χ4n) is 4.56. The Morgan fingerprint density at radius 1 is 1.22 bits per heavy atom. The summed E-state index contributed by atoms with van der Waals surface area (Å²) < 4.78 is 14.0. The van der Waals surface area contributed by atoms with Gasteiger partial charge in [0, 0.05) is 36.8 Å². The highest BCUT2D eigenvalue weighted by Gasteiger charge is 2.25. The molecule has 1 aliphatic heterocycles. The predicted molar refractivity (Wildman–Crippen MR) is 145 cm³/mol. The van der Waals surface area contributed by atoms with Crippen LogP contribution in [0.5, 0.6) is 5.88 Å². The number of carbonyl (C=O) groups is 1. The number of amides is 1. The van der Waals surface area contributed by atoms with Crippen molar-refractivity contribution in [2.45, 2.75) is 52.2 Å². The van der Waals surface area contributed by atoms with Gasteiger partial charge in [-0.15, -0.1) is 11.3 Å². The third kappa shape index (κ3) is 5.89. The fourth-order valence-corrected chi connectivity index (χ4v) is 5.56. The maximum atomic E-state index is 12.8. The molecule has 3 aromatic heterocycles. The number of ether oxygens (including phenoxy) is 1. The number of nitrogens with zero attached hydrogens (tertiary/aromatic N) is 4. The molecule has 37 heavy (non-hydrogen) atoms. The number of imidazole rings is 1. The molecule has 0 radical (unpaired) electrons. The zero-order valence-electron chi connectivity index (χ0n) is 21.1. The lowest BCUT2D eigenvalue weighted by atomic mass is 10.0. The highest BCUT2D eigenvalue weighted by atomic mass is 35.5. The van der Waals surface area contributed by atoms with Crippen molar-refractivity contribution < 1.29 is 14.1 Å². The van der Waals surface area contributed by atoms with Crippen LogP contribution < -0.4 is 10.1 Å². The van der Waals surface area contributed by atoms with E-state index in [1.165, 1.54) is 11.3 Å². The van der Waals surface area contributed by atoms with Crippen LogP contribution in [-0.4, -0.2) is 50.9 Å². The van der Waals surface area contributed by atoms with E-state index in [0.29, 0.717) is 28.5 Å². The average molecular weight is 540 g/mol. The molecule has 0 bridgehead atoms. The standard InChI is InChI=1S/C27H30ClN5O3S/c1-17(2)32-13-11-20(12-14-32)29-27(34)35-26-18(3)33(25(30-26)19-7-5-4-6-8-19)16-21-15-22(36-31-21)23-9-10-24(28)37-23/h4-10,15,17,20H,11-14,16H2,1-3H3,(H,29,34). The highest BCUT2D eigenvalue weighted by molar-refractivity contribution is 7.19. The van der Waals surface area contributed by atoms with Gasteiger partial charge in [0.25, 0.3) is 0 Å². The summed E-state index contributed by atoms with van der Waals surface area (Å²) in [7, 11) is 0. The van der Waals surface area contributed by atoms with Crippen LogP contribution in [0, 0.1) is 6.92 Å². The minimum atomic E-state index is -0.478. The van der Waals surface area contributed by atoms with E-state index in [-0.39, 0.29) is 11.9 Å². The first-order valence-electron chi connectivity index (χ1n) is 12.4. The fraction of sp³-hybridized carbons (Fsp3) is 0.370. The van der Waals surface area contributed by atoms with Gasteiger partial charge in [0.15, 0.2) is 5.76 Å². The van der Waals surface area contributed by atoms with Gasteiger partial charge in [-0.25, -0.2) is 4.79 Å². The number of aromatic nitrogens is 3. The molecule has 10 heteroatoms. The van der Waals surface area contributed by atoms with Crippen molar-refractivity contribution in [1.29, 1.82) is 0 Å². The van der Waals surface area contributed by atoms with Crippen molar-refractivity contribution in [2.24, 2.45) is 0 Å². The molecule has 0 aliphatic carbocycles. The second kappa shape index (κ2) is 11.1. The molecular weight excluding hydrogens is 510 g/mol. The summed E-state index contributed by atoms with van der Waals surface area (Å²) in [6.07, 6.45) is 1.33. The van der Waals surface area contributed by atoms with Crippen molar-refractivity contribution in [3.8, 4) is 27.9 Å². The number of hydrogen-bond acceptors (Lipinski definition) is 7. The Hall–Kier alpha value is -3.14. The molecule has 1 amide bonds. The van der Waals surface area contributed by atoms with Gasteiger partial charge in [-0.2, -0.15) is 4.98 Å². The molecule has 0 spiro atoms. The lowest BCUT2D eigenvalue weighted by molar-refractivity contribution is 0.151. The summed E-state index contributed by atoms with van der Waals surface area (Å²) in [5.41, 5.74) is 2.37. The molecule has 5 rings (SSSR count). The highest BCUT2D eigenvalue weighted by Crippen LogP contribution is 2.32. The largest absolute Gasteiger partial charge is 0.414 e. The Kier molecular flexibility index (Phi) is 7.64. The van der Waals surface area contributed by atoms with Gasteiger partial charge in [0.2, 0.25) is 5.88 Å². The van der Waals surface area contributed by atoms with Crippen LogP contribution in [0.15, 0.2) is 53.1 Å².